The molecular weight excluding hydrogens is 302 g/mol. The highest BCUT2D eigenvalue weighted by Gasteiger charge is 2.11. The molecule has 0 aromatic heterocycles. The van der Waals surface area contributed by atoms with Gasteiger partial charge in [-0.1, -0.05) is 30.3 Å². The van der Waals surface area contributed by atoms with Gasteiger partial charge in [-0.25, -0.2) is 0 Å². The van der Waals surface area contributed by atoms with E-state index in [1.54, 1.807) is 6.08 Å². The van der Waals surface area contributed by atoms with E-state index in [0.29, 0.717) is 6.42 Å². The highest BCUT2D eigenvalue weighted by atomic mass is 79.9. The Morgan fingerprint density at radius 3 is 2.74 bits per heavy atom. The number of rotatable bonds is 2. The topological polar surface area (TPSA) is 29.1 Å². The molecule has 0 bridgehead atoms. The Kier molecular flexibility index (Phi) is 3.38. The Hall–Kier alpha value is -1.61. The van der Waals surface area contributed by atoms with Crippen molar-refractivity contribution in [1.29, 1.82) is 0 Å². The second-order valence-corrected chi connectivity index (χ2v) is 5.56. The maximum Gasteiger partial charge on any atom is 0.157 e. The quantitative estimate of drug-likeness (QED) is 0.873. The zero-order valence-electron chi connectivity index (χ0n) is 10.4. The summed E-state index contributed by atoms with van der Waals surface area (Å²) in [6.45, 7) is 0. The molecule has 2 aromatic carbocycles. The Morgan fingerprint density at radius 2 is 1.89 bits per heavy atom. The molecule has 96 valence electrons. The van der Waals surface area contributed by atoms with E-state index in [2.05, 4.69) is 39.4 Å². The minimum absolute atomic E-state index is 0.214. The SMILES string of the molecule is O=C1C=C(Nc2ccc3ccccc3c2Br)CCC1. The largest absolute Gasteiger partial charge is 0.358 e. The van der Waals surface area contributed by atoms with Crippen LogP contribution in [0.3, 0.4) is 0 Å². The van der Waals surface area contributed by atoms with Crippen LogP contribution in [0.1, 0.15) is 19.3 Å². The normalized spacial score (nSPS) is 15.4. The van der Waals surface area contributed by atoms with Crippen LogP contribution in [-0.4, -0.2) is 5.78 Å². The van der Waals surface area contributed by atoms with E-state index in [9.17, 15) is 4.79 Å². The first-order valence-corrected chi connectivity index (χ1v) is 7.21. The van der Waals surface area contributed by atoms with Crippen molar-refractivity contribution in [2.45, 2.75) is 19.3 Å². The molecule has 0 atom stereocenters. The minimum Gasteiger partial charge on any atom is -0.358 e. The number of carbonyl (C=O) groups excluding carboxylic acids is 1. The Balaban J connectivity index is 1.97. The third kappa shape index (κ3) is 2.56. The summed E-state index contributed by atoms with van der Waals surface area (Å²) >= 11 is 3.65. The molecule has 1 N–H and O–H groups in total. The standard InChI is InChI=1S/C16H14BrNO/c17-16-14-7-2-1-4-11(14)8-9-15(16)18-12-5-3-6-13(19)10-12/h1-2,4,7-10,18H,3,5-6H2. The minimum atomic E-state index is 0.214. The molecular formula is C16H14BrNO. The first-order valence-electron chi connectivity index (χ1n) is 6.42. The maximum atomic E-state index is 11.4. The smallest absolute Gasteiger partial charge is 0.157 e. The van der Waals surface area contributed by atoms with Crippen LogP contribution in [-0.2, 0) is 4.79 Å². The summed E-state index contributed by atoms with van der Waals surface area (Å²) in [5.41, 5.74) is 2.02. The number of halogens is 1. The molecule has 0 amide bonds. The van der Waals surface area contributed by atoms with Crippen LogP contribution in [0.2, 0.25) is 0 Å². The summed E-state index contributed by atoms with van der Waals surface area (Å²) in [4.78, 5) is 11.4. The van der Waals surface area contributed by atoms with Crippen LogP contribution in [0.5, 0.6) is 0 Å². The molecule has 3 heteroatoms. The second-order valence-electron chi connectivity index (χ2n) is 4.76. The molecule has 0 saturated carbocycles. The number of allylic oxidation sites excluding steroid dienone is 2. The van der Waals surface area contributed by atoms with Crippen LogP contribution >= 0.6 is 15.9 Å². The third-order valence-electron chi connectivity index (χ3n) is 3.36. The molecule has 3 rings (SSSR count). The van der Waals surface area contributed by atoms with Gasteiger partial charge >= 0.3 is 0 Å². The third-order valence-corrected chi connectivity index (χ3v) is 4.22. The first-order chi connectivity index (χ1) is 9.24. The fraction of sp³-hybridized carbons (Fsp3) is 0.188. The van der Waals surface area contributed by atoms with Crippen LogP contribution in [0.15, 0.2) is 52.6 Å². The van der Waals surface area contributed by atoms with Gasteiger partial charge in [-0.2, -0.15) is 0 Å². The van der Waals surface area contributed by atoms with Crippen molar-refractivity contribution in [3.63, 3.8) is 0 Å². The van der Waals surface area contributed by atoms with Crippen LogP contribution in [0, 0.1) is 0 Å². The lowest BCUT2D eigenvalue weighted by atomic mass is 10.0. The molecule has 2 nitrogen and oxygen atoms in total. The molecule has 0 aliphatic heterocycles. The van der Waals surface area contributed by atoms with Gasteiger partial charge in [-0.15, -0.1) is 0 Å². The summed E-state index contributed by atoms with van der Waals surface area (Å²) in [5, 5.41) is 5.74. The molecule has 1 aliphatic rings. The second kappa shape index (κ2) is 5.17. The van der Waals surface area contributed by atoms with Gasteiger partial charge in [0.1, 0.15) is 0 Å². The average molecular weight is 316 g/mol. The van der Waals surface area contributed by atoms with Crippen molar-refractivity contribution >= 4 is 38.2 Å². The van der Waals surface area contributed by atoms with Gasteiger partial charge in [-0.05, 0) is 45.6 Å². The van der Waals surface area contributed by atoms with E-state index in [1.807, 2.05) is 18.2 Å². The summed E-state index contributed by atoms with van der Waals surface area (Å²) < 4.78 is 1.05. The Bertz CT molecular complexity index is 676. The van der Waals surface area contributed by atoms with E-state index < -0.39 is 0 Å². The molecule has 0 spiro atoms. The number of hydrogen-bond acceptors (Lipinski definition) is 2. The summed E-state index contributed by atoms with van der Waals surface area (Å²) in [5.74, 6) is 0.214. The highest BCUT2D eigenvalue weighted by Crippen LogP contribution is 2.32. The zero-order chi connectivity index (χ0) is 13.2. The number of carbonyl (C=O) groups is 1. The number of ketones is 1. The van der Waals surface area contributed by atoms with Gasteiger partial charge in [0.2, 0.25) is 0 Å². The van der Waals surface area contributed by atoms with Crippen LogP contribution < -0.4 is 5.32 Å². The monoisotopic (exact) mass is 315 g/mol. The molecule has 1 aliphatic carbocycles. The zero-order valence-corrected chi connectivity index (χ0v) is 12.0. The predicted molar refractivity (Wildman–Crippen MR) is 82.2 cm³/mol. The number of benzene rings is 2. The first kappa shape index (κ1) is 12.4. The predicted octanol–water partition coefficient (Wildman–Crippen LogP) is 4.65. The van der Waals surface area contributed by atoms with E-state index in [-0.39, 0.29) is 5.78 Å². The van der Waals surface area contributed by atoms with Crippen molar-refractivity contribution in [3.8, 4) is 0 Å². The van der Waals surface area contributed by atoms with Gasteiger partial charge in [0.05, 0.1) is 5.69 Å². The van der Waals surface area contributed by atoms with E-state index in [1.165, 1.54) is 10.8 Å². The van der Waals surface area contributed by atoms with Gasteiger partial charge in [0.15, 0.2) is 5.78 Å². The van der Waals surface area contributed by atoms with E-state index in [0.717, 1.165) is 28.7 Å². The maximum absolute atomic E-state index is 11.4. The van der Waals surface area contributed by atoms with Gasteiger partial charge in [-0.3, -0.25) is 4.79 Å². The lowest BCUT2D eigenvalue weighted by molar-refractivity contribution is -0.115. The number of anilines is 1. The van der Waals surface area contributed by atoms with E-state index in [4.69, 9.17) is 0 Å². The molecule has 19 heavy (non-hydrogen) atoms. The fourth-order valence-electron chi connectivity index (χ4n) is 2.39. The molecule has 0 heterocycles. The molecule has 0 saturated heterocycles. The van der Waals surface area contributed by atoms with Gasteiger partial charge < -0.3 is 5.32 Å². The van der Waals surface area contributed by atoms with Crippen LogP contribution in [0.25, 0.3) is 10.8 Å². The van der Waals surface area contributed by atoms with Gasteiger partial charge in [0.25, 0.3) is 0 Å². The fourth-order valence-corrected chi connectivity index (χ4v) is 2.99. The Labute approximate surface area is 120 Å². The van der Waals surface area contributed by atoms with Crippen LogP contribution in [0.4, 0.5) is 5.69 Å². The molecule has 2 aromatic rings. The molecule has 0 unspecified atom stereocenters. The van der Waals surface area contributed by atoms with Crippen molar-refractivity contribution in [3.05, 3.63) is 52.6 Å². The number of fused-ring (bicyclic) bond motifs is 1. The van der Waals surface area contributed by atoms with Crippen molar-refractivity contribution in [2.75, 3.05) is 5.32 Å². The molecule has 0 radical (unpaired) electrons. The highest BCUT2D eigenvalue weighted by molar-refractivity contribution is 9.10. The lowest BCUT2D eigenvalue weighted by Crippen LogP contribution is -2.09. The van der Waals surface area contributed by atoms with Crippen molar-refractivity contribution in [1.82, 2.24) is 0 Å². The average Bonchev–Trinajstić information content (AvgIpc) is 2.42. The number of hydrogen-bond donors (Lipinski definition) is 1. The summed E-state index contributed by atoms with van der Waals surface area (Å²) in [6, 6.07) is 12.4. The van der Waals surface area contributed by atoms with Gasteiger partial charge in [0, 0.05) is 22.7 Å². The lowest BCUT2D eigenvalue weighted by Gasteiger charge is -2.16. The van der Waals surface area contributed by atoms with Crippen molar-refractivity contribution in [2.24, 2.45) is 0 Å². The summed E-state index contributed by atoms with van der Waals surface area (Å²) in [6.07, 6.45) is 4.27. The number of nitrogens with one attached hydrogen (secondary N) is 1. The van der Waals surface area contributed by atoms with E-state index >= 15 is 0 Å². The summed E-state index contributed by atoms with van der Waals surface area (Å²) in [7, 11) is 0. The van der Waals surface area contributed by atoms with Crippen molar-refractivity contribution < 1.29 is 4.79 Å². The molecule has 0 fully saturated rings. The Morgan fingerprint density at radius 1 is 1.05 bits per heavy atom.